The molecule has 0 spiro atoms. The maximum atomic E-state index is 13.4. The van der Waals surface area contributed by atoms with Gasteiger partial charge in [0, 0.05) is 24.0 Å². The zero-order valence-electron chi connectivity index (χ0n) is 20.5. The first-order valence-electron chi connectivity index (χ1n) is 11.9. The number of hydrogen-bond donors (Lipinski definition) is 1. The van der Waals surface area contributed by atoms with Crippen molar-refractivity contribution in [1.29, 1.82) is 0 Å². The fraction of sp³-hybridized carbons (Fsp3) is 0.538. The molecule has 3 rings (SSSR count). The van der Waals surface area contributed by atoms with Crippen molar-refractivity contribution in [1.82, 2.24) is 15.1 Å². The van der Waals surface area contributed by atoms with Crippen molar-refractivity contribution >= 4 is 23.3 Å². The number of nitrogens with zero attached hydrogens (tertiary/aromatic N) is 2. The first-order valence-corrected chi connectivity index (χ1v) is 12.8. The molecule has 3 amide bonds. The van der Waals surface area contributed by atoms with E-state index in [9.17, 15) is 9.59 Å². The number of urea groups is 1. The highest BCUT2D eigenvalue weighted by molar-refractivity contribution is 7.10. The Kier molecular flexibility index (Phi) is 8.78. The molecule has 0 radical (unpaired) electrons. The molecule has 1 aliphatic rings. The largest absolute Gasteiger partial charge is 0.491 e. The van der Waals surface area contributed by atoms with E-state index in [1.165, 1.54) is 10.4 Å². The molecule has 2 heterocycles. The van der Waals surface area contributed by atoms with E-state index in [0.29, 0.717) is 25.6 Å². The topological polar surface area (TPSA) is 61.9 Å². The lowest BCUT2D eigenvalue weighted by Gasteiger charge is -2.37. The highest BCUT2D eigenvalue weighted by Crippen LogP contribution is 2.34. The third-order valence-electron chi connectivity index (χ3n) is 5.89. The summed E-state index contributed by atoms with van der Waals surface area (Å²) in [6.07, 6.45) is 1.64. The van der Waals surface area contributed by atoms with Gasteiger partial charge in [0.25, 0.3) is 0 Å². The summed E-state index contributed by atoms with van der Waals surface area (Å²) in [5, 5.41) is 5.00. The van der Waals surface area contributed by atoms with Crippen molar-refractivity contribution in [2.24, 2.45) is 0 Å². The number of nitrogens with one attached hydrogen (secondary N) is 1. The second-order valence-electron chi connectivity index (χ2n) is 9.21. The van der Waals surface area contributed by atoms with Gasteiger partial charge in [0.1, 0.15) is 18.9 Å². The maximum Gasteiger partial charge on any atom is 0.318 e. The van der Waals surface area contributed by atoms with Crippen LogP contribution in [0.15, 0.2) is 35.7 Å². The number of thiophene rings is 1. The van der Waals surface area contributed by atoms with Gasteiger partial charge < -0.3 is 19.9 Å². The average Bonchev–Trinajstić information content (AvgIpc) is 3.26. The predicted octanol–water partition coefficient (Wildman–Crippen LogP) is 5.21. The van der Waals surface area contributed by atoms with Gasteiger partial charge in [-0.2, -0.15) is 0 Å². The van der Waals surface area contributed by atoms with Gasteiger partial charge in [-0.1, -0.05) is 32.9 Å². The fourth-order valence-corrected chi connectivity index (χ4v) is 5.04. The molecule has 1 N–H and O–H groups in total. The summed E-state index contributed by atoms with van der Waals surface area (Å²) in [7, 11) is 0. The minimum Gasteiger partial charge on any atom is -0.491 e. The van der Waals surface area contributed by atoms with E-state index in [1.54, 1.807) is 16.2 Å². The first-order chi connectivity index (χ1) is 15.8. The van der Waals surface area contributed by atoms with Crippen molar-refractivity contribution in [3.8, 4) is 5.75 Å². The summed E-state index contributed by atoms with van der Waals surface area (Å²) in [6, 6.07) is 9.96. The van der Waals surface area contributed by atoms with E-state index in [2.05, 4.69) is 42.7 Å². The number of carbonyl (C=O) groups excluding carboxylic acids is 2. The molecule has 2 aromatic rings. The van der Waals surface area contributed by atoms with E-state index >= 15 is 0 Å². The first kappa shape index (κ1) is 25.1. The van der Waals surface area contributed by atoms with Gasteiger partial charge in [0.15, 0.2) is 0 Å². The van der Waals surface area contributed by atoms with Crippen molar-refractivity contribution in [2.75, 3.05) is 26.2 Å². The second kappa shape index (κ2) is 11.5. The van der Waals surface area contributed by atoms with Crippen LogP contribution in [0.5, 0.6) is 5.75 Å². The molecule has 33 heavy (non-hydrogen) atoms. The normalized spacial score (nSPS) is 15.5. The monoisotopic (exact) mass is 471 g/mol. The summed E-state index contributed by atoms with van der Waals surface area (Å²) >= 11 is 1.74. The SMILES string of the molecule is CCCN(CC(=O)N1CCc2sccc2C1COc1ccc(C(C)C)cc1)C(=O)NC(C)C. The van der Waals surface area contributed by atoms with E-state index in [0.717, 1.165) is 24.2 Å². The van der Waals surface area contributed by atoms with Gasteiger partial charge in [0.2, 0.25) is 5.91 Å². The van der Waals surface area contributed by atoms with Crippen LogP contribution in [0, 0.1) is 0 Å². The van der Waals surface area contributed by atoms with Gasteiger partial charge in [-0.15, -0.1) is 11.3 Å². The second-order valence-corrected chi connectivity index (χ2v) is 10.2. The molecule has 0 saturated heterocycles. The Balaban J connectivity index is 1.73. The Morgan fingerprint density at radius 1 is 1.18 bits per heavy atom. The number of amides is 3. The third kappa shape index (κ3) is 6.50. The molecule has 0 bridgehead atoms. The molecule has 1 atom stereocenters. The number of rotatable bonds is 9. The Morgan fingerprint density at radius 3 is 2.55 bits per heavy atom. The highest BCUT2D eigenvalue weighted by atomic mass is 32.1. The van der Waals surface area contributed by atoms with E-state index in [1.807, 2.05) is 37.8 Å². The molecule has 6 nitrogen and oxygen atoms in total. The average molecular weight is 472 g/mol. The lowest BCUT2D eigenvalue weighted by molar-refractivity contribution is -0.135. The van der Waals surface area contributed by atoms with Gasteiger partial charge in [-0.25, -0.2) is 4.79 Å². The standard InChI is InChI=1S/C26H37N3O3S/c1-6-13-28(26(31)27-19(4)5)16-25(30)29-14-11-24-22(12-15-33-24)23(29)17-32-21-9-7-20(8-10-21)18(2)3/h7-10,12,15,18-19,23H,6,11,13-14,16-17H2,1-5H3,(H,27,31). The van der Waals surface area contributed by atoms with E-state index in [4.69, 9.17) is 4.74 Å². The summed E-state index contributed by atoms with van der Waals surface area (Å²) < 4.78 is 6.16. The lowest BCUT2D eigenvalue weighted by atomic mass is 10.00. The van der Waals surface area contributed by atoms with Gasteiger partial charge in [-0.3, -0.25) is 4.79 Å². The molecule has 180 valence electrons. The molecule has 1 aromatic heterocycles. The number of fused-ring (bicyclic) bond motifs is 1. The molecule has 0 fully saturated rings. The highest BCUT2D eigenvalue weighted by Gasteiger charge is 2.33. The number of hydrogen-bond acceptors (Lipinski definition) is 4. The predicted molar refractivity (Wildman–Crippen MR) is 134 cm³/mol. The molecular formula is C26H37N3O3S. The van der Waals surface area contributed by atoms with Crippen molar-refractivity contribution in [2.45, 2.75) is 65.5 Å². The maximum absolute atomic E-state index is 13.4. The lowest BCUT2D eigenvalue weighted by Crippen LogP contribution is -2.50. The van der Waals surface area contributed by atoms with Crippen LogP contribution >= 0.6 is 11.3 Å². The van der Waals surface area contributed by atoms with Crippen LogP contribution in [0.3, 0.4) is 0 Å². The van der Waals surface area contributed by atoms with Crippen molar-refractivity contribution < 1.29 is 14.3 Å². The van der Waals surface area contributed by atoms with Crippen LogP contribution in [-0.4, -0.2) is 54.0 Å². The Hall–Kier alpha value is -2.54. The van der Waals surface area contributed by atoms with E-state index < -0.39 is 0 Å². The minimum atomic E-state index is -0.188. The van der Waals surface area contributed by atoms with Crippen LogP contribution in [0.1, 0.15) is 69.0 Å². The van der Waals surface area contributed by atoms with Gasteiger partial charge in [0.05, 0.1) is 6.04 Å². The Bertz CT molecular complexity index is 923. The smallest absolute Gasteiger partial charge is 0.318 e. The summed E-state index contributed by atoms with van der Waals surface area (Å²) in [5.41, 5.74) is 2.43. The van der Waals surface area contributed by atoms with Crippen LogP contribution in [0.25, 0.3) is 0 Å². The zero-order valence-corrected chi connectivity index (χ0v) is 21.3. The van der Waals surface area contributed by atoms with Crippen molar-refractivity contribution in [3.63, 3.8) is 0 Å². The number of carbonyl (C=O) groups is 2. The summed E-state index contributed by atoms with van der Waals surface area (Å²) in [4.78, 5) is 30.8. The Labute approximate surface area is 201 Å². The molecule has 0 saturated carbocycles. The summed E-state index contributed by atoms with van der Waals surface area (Å²) in [6.45, 7) is 11.9. The van der Waals surface area contributed by atoms with Gasteiger partial charge >= 0.3 is 6.03 Å². The van der Waals surface area contributed by atoms with Crippen molar-refractivity contribution in [3.05, 3.63) is 51.7 Å². The molecule has 7 heteroatoms. The molecular weight excluding hydrogens is 434 g/mol. The van der Waals surface area contributed by atoms with E-state index in [-0.39, 0.29) is 30.6 Å². The number of benzene rings is 1. The van der Waals surface area contributed by atoms with Gasteiger partial charge in [-0.05, 0) is 67.3 Å². The molecule has 1 unspecified atom stereocenters. The fourth-order valence-electron chi connectivity index (χ4n) is 4.11. The van der Waals surface area contributed by atoms with Crippen LogP contribution in [0.4, 0.5) is 4.79 Å². The quantitative estimate of drug-likeness (QED) is 0.546. The third-order valence-corrected chi connectivity index (χ3v) is 6.89. The van der Waals surface area contributed by atoms with Crippen LogP contribution in [-0.2, 0) is 11.2 Å². The van der Waals surface area contributed by atoms with Crippen LogP contribution in [0.2, 0.25) is 0 Å². The molecule has 1 aromatic carbocycles. The summed E-state index contributed by atoms with van der Waals surface area (Å²) in [5.74, 6) is 1.24. The molecule has 0 aliphatic carbocycles. The molecule has 1 aliphatic heterocycles. The number of ether oxygens (including phenoxy) is 1. The van der Waals surface area contributed by atoms with Crippen LogP contribution < -0.4 is 10.1 Å². The Morgan fingerprint density at radius 2 is 1.91 bits per heavy atom. The minimum absolute atomic E-state index is 0.0264. The zero-order chi connectivity index (χ0) is 24.0.